The molecule has 0 bridgehead atoms. The number of aryl methyl sites for hydroxylation is 1. The van der Waals surface area contributed by atoms with Crippen molar-refractivity contribution >= 4 is 0 Å². The Balaban J connectivity index is 1.38. The van der Waals surface area contributed by atoms with Crippen molar-refractivity contribution in [1.82, 2.24) is 10.5 Å². The second-order valence-corrected chi connectivity index (χ2v) is 6.58. The molecule has 4 rings (SSSR count). The number of aromatic nitrogens is 1. The third kappa shape index (κ3) is 1.71. The molecule has 3 nitrogen and oxygen atoms in total. The highest BCUT2D eigenvalue weighted by molar-refractivity contribution is 5.25. The van der Waals surface area contributed by atoms with Crippen molar-refractivity contribution < 1.29 is 4.52 Å². The molecule has 0 radical (unpaired) electrons. The molecule has 2 atom stereocenters. The topological polar surface area (TPSA) is 38.1 Å². The van der Waals surface area contributed by atoms with Gasteiger partial charge < -0.3 is 9.84 Å². The van der Waals surface area contributed by atoms with Crippen LogP contribution in [0.3, 0.4) is 0 Å². The minimum Gasteiger partial charge on any atom is -0.361 e. The highest BCUT2D eigenvalue weighted by atomic mass is 16.5. The van der Waals surface area contributed by atoms with Gasteiger partial charge in [0, 0.05) is 24.6 Å². The van der Waals surface area contributed by atoms with Crippen molar-refractivity contribution in [3.63, 3.8) is 0 Å². The van der Waals surface area contributed by atoms with E-state index in [1.165, 1.54) is 43.4 Å². The molecule has 1 spiro atoms. The van der Waals surface area contributed by atoms with E-state index in [4.69, 9.17) is 4.52 Å². The molecule has 3 aliphatic rings. The molecule has 1 aromatic rings. The van der Waals surface area contributed by atoms with Crippen LogP contribution in [0.1, 0.15) is 56.0 Å². The molecular formula is C15H22N2O. The lowest BCUT2D eigenvalue weighted by Gasteiger charge is -2.14. The Kier molecular flexibility index (Phi) is 2.35. The summed E-state index contributed by atoms with van der Waals surface area (Å²) in [7, 11) is 0. The second kappa shape index (κ2) is 3.83. The smallest absolute Gasteiger partial charge is 0.140 e. The average Bonchev–Trinajstić information content (AvgIpc) is 3.29. The van der Waals surface area contributed by atoms with Crippen molar-refractivity contribution in [2.45, 2.75) is 64.5 Å². The van der Waals surface area contributed by atoms with Gasteiger partial charge in [-0.05, 0) is 56.8 Å². The van der Waals surface area contributed by atoms with Gasteiger partial charge in [-0.3, -0.25) is 0 Å². The largest absolute Gasteiger partial charge is 0.361 e. The molecule has 0 amide bonds. The van der Waals surface area contributed by atoms with Crippen molar-refractivity contribution in [2.75, 3.05) is 0 Å². The SMILES string of the molecule is CC(NCc1noc2c1CCCC2)C1CC12CC2. The molecule has 1 heterocycles. The number of hydrogen-bond donors (Lipinski definition) is 1. The van der Waals surface area contributed by atoms with Gasteiger partial charge in [0.15, 0.2) is 0 Å². The highest BCUT2D eigenvalue weighted by Gasteiger charge is 2.63. The van der Waals surface area contributed by atoms with Crippen molar-refractivity contribution in [3.05, 3.63) is 17.0 Å². The van der Waals surface area contributed by atoms with Crippen LogP contribution in [-0.4, -0.2) is 11.2 Å². The summed E-state index contributed by atoms with van der Waals surface area (Å²) in [5.41, 5.74) is 3.36. The molecule has 0 aromatic carbocycles. The monoisotopic (exact) mass is 246 g/mol. The molecule has 1 aromatic heterocycles. The molecule has 1 N–H and O–H groups in total. The summed E-state index contributed by atoms with van der Waals surface area (Å²) in [5.74, 6) is 2.08. The van der Waals surface area contributed by atoms with Gasteiger partial charge in [0.25, 0.3) is 0 Å². The molecule has 2 unspecified atom stereocenters. The highest BCUT2D eigenvalue weighted by Crippen LogP contribution is 2.71. The lowest BCUT2D eigenvalue weighted by atomic mass is 9.96. The summed E-state index contributed by atoms with van der Waals surface area (Å²) in [5, 5.41) is 7.93. The minimum atomic E-state index is 0.642. The third-order valence-electron chi connectivity index (χ3n) is 5.37. The maximum absolute atomic E-state index is 5.46. The maximum atomic E-state index is 5.46. The fraction of sp³-hybridized carbons (Fsp3) is 0.800. The standard InChI is InChI=1S/C15H22N2O/c1-10(12-8-15(12)6-7-15)16-9-13-11-4-2-3-5-14(11)18-17-13/h10,12,16H,2-9H2,1H3. The number of fused-ring (bicyclic) bond motifs is 1. The van der Waals surface area contributed by atoms with Crippen LogP contribution in [0.25, 0.3) is 0 Å². The number of hydrogen-bond acceptors (Lipinski definition) is 3. The Morgan fingerprint density at radius 3 is 3.00 bits per heavy atom. The van der Waals surface area contributed by atoms with E-state index in [1.54, 1.807) is 0 Å². The van der Waals surface area contributed by atoms with Crippen LogP contribution in [0.4, 0.5) is 0 Å². The van der Waals surface area contributed by atoms with Crippen LogP contribution in [-0.2, 0) is 19.4 Å². The lowest BCUT2D eigenvalue weighted by Crippen LogP contribution is -2.28. The number of nitrogens with zero attached hydrogens (tertiary/aromatic N) is 1. The number of rotatable bonds is 4. The summed E-state index contributed by atoms with van der Waals surface area (Å²) in [4.78, 5) is 0. The molecule has 2 fully saturated rings. The van der Waals surface area contributed by atoms with Gasteiger partial charge in [0.05, 0.1) is 0 Å². The summed E-state index contributed by atoms with van der Waals surface area (Å²) in [6, 6.07) is 0.642. The van der Waals surface area contributed by atoms with E-state index in [2.05, 4.69) is 17.4 Å². The van der Waals surface area contributed by atoms with E-state index in [0.717, 1.165) is 36.5 Å². The lowest BCUT2D eigenvalue weighted by molar-refractivity contribution is 0.364. The zero-order chi connectivity index (χ0) is 12.2. The summed E-state index contributed by atoms with van der Waals surface area (Å²) in [6.45, 7) is 3.23. The zero-order valence-electron chi connectivity index (χ0n) is 11.2. The molecule has 0 aliphatic heterocycles. The predicted octanol–water partition coefficient (Wildman–Crippen LogP) is 2.83. The number of nitrogens with one attached hydrogen (secondary N) is 1. The van der Waals surface area contributed by atoms with Crippen LogP contribution in [0.15, 0.2) is 4.52 Å². The normalized spacial score (nSPS) is 29.1. The van der Waals surface area contributed by atoms with Crippen LogP contribution in [0.2, 0.25) is 0 Å². The van der Waals surface area contributed by atoms with Gasteiger partial charge in [-0.15, -0.1) is 0 Å². The van der Waals surface area contributed by atoms with Crippen LogP contribution in [0.5, 0.6) is 0 Å². The second-order valence-electron chi connectivity index (χ2n) is 6.58. The molecular weight excluding hydrogens is 224 g/mol. The first-order valence-corrected chi connectivity index (χ1v) is 7.48. The average molecular weight is 246 g/mol. The van der Waals surface area contributed by atoms with E-state index >= 15 is 0 Å². The Bertz CT molecular complexity index is 461. The van der Waals surface area contributed by atoms with E-state index in [0.29, 0.717) is 6.04 Å². The quantitative estimate of drug-likeness (QED) is 0.887. The summed E-state index contributed by atoms with van der Waals surface area (Å²) < 4.78 is 5.46. The summed E-state index contributed by atoms with van der Waals surface area (Å²) >= 11 is 0. The van der Waals surface area contributed by atoms with E-state index in [1.807, 2.05) is 0 Å². The molecule has 0 saturated heterocycles. The third-order valence-corrected chi connectivity index (χ3v) is 5.37. The van der Waals surface area contributed by atoms with Crippen molar-refractivity contribution in [1.29, 1.82) is 0 Å². The fourth-order valence-electron chi connectivity index (χ4n) is 3.81. The zero-order valence-corrected chi connectivity index (χ0v) is 11.2. The molecule has 18 heavy (non-hydrogen) atoms. The first kappa shape index (κ1) is 11.0. The summed E-state index contributed by atoms with van der Waals surface area (Å²) in [6.07, 6.45) is 9.21. The van der Waals surface area contributed by atoms with Crippen LogP contribution >= 0.6 is 0 Å². The molecule has 3 heteroatoms. The maximum Gasteiger partial charge on any atom is 0.140 e. The van der Waals surface area contributed by atoms with Gasteiger partial charge in [0.1, 0.15) is 11.5 Å². The van der Waals surface area contributed by atoms with Gasteiger partial charge in [0.2, 0.25) is 0 Å². The Morgan fingerprint density at radius 2 is 2.22 bits per heavy atom. The predicted molar refractivity (Wildman–Crippen MR) is 69.2 cm³/mol. The fourth-order valence-corrected chi connectivity index (χ4v) is 3.81. The minimum absolute atomic E-state index is 0.642. The molecule has 98 valence electrons. The molecule has 2 saturated carbocycles. The van der Waals surface area contributed by atoms with Crippen LogP contribution < -0.4 is 5.32 Å². The van der Waals surface area contributed by atoms with Crippen LogP contribution in [0, 0.1) is 11.3 Å². The van der Waals surface area contributed by atoms with Gasteiger partial charge in [-0.25, -0.2) is 0 Å². The Labute approximate surface area is 108 Å². The Hall–Kier alpha value is -0.830. The van der Waals surface area contributed by atoms with E-state index < -0.39 is 0 Å². The van der Waals surface area contributed by atoms with Crippen molar-refractivity contribution in [2.24, 2.45) is 11.3 Å². The first-order valence-electron chi connectivity index (χ1n) is 7.48. The van der Waals surface area contributed by atoms with E-state index in [9.17, 15) is 0 Å². The van der Waals surface area contributed by atoms with Gasteiger partial charge in [-0.2, -0.15) is 0 Å². The first-order chi connectivity index (χ1) is 8.78. The molecule has 3 aliphatic carbocycles. The van der Waals surface area contributed by atoms with Gasteiger partial charge in [-0.1, -0.05) is 5.16 Å². The Morgan fingerprint density at radius 1 is 1.39 bits per heavy atom. The van der Waals surface area contributed by atoms with E-state index in [-0.39, 0.29) is 0 Å². The van der Waals surface area contributed by atoms with Gasteiger partial charge >= 0.3 is 0 Å². The van der Waals surface area contributed by atoms with Crippen molar-refractivity contribution in [3.8, 4) is 0 Å².